The smallest absolute Gasteiger partial charge is 0.410 e. The van der Waals surface area contributed by atoms with Gasteiger partial charge in [-0.05, 0) is 69.5 Å². The second kappa shape index (κ2) is 19.2. The first-order valence-electron chi connectivity index (χ1n) is 17.2. The Morgan fingerprint density at radius 2 is 1.68 bits per heavy atom. The van der Waals surface area contributed by atoms with Crippen LogP contribution in [0.3, 0.4) is 0 Å². The SMILES string of the molecule is COc1ccccc1COCCCOc1ccc(C2CCN(C(=O)OC(C)(C)C)CC2OCCOc2cccc(F)c2CCNC(C)=O)cc1. The summed E-state index contributed by atoms with van der Waals surface area (Å²) in [5.41, 5.74) is 1.88. The zero-order valence-corrected chi connectivity index (χ0v) is 29.9. The molecule has 0 aromatic heterocycles. The number of carbonyl (C=O) groups excluding carboxylic acids is 2. The van der Waals surface area contributed by atoms with Crippen molar-refractivity contribution < 1.29 is 42.4 Å². The van der Waals surface area contributed by atoms with Gasteiger partial charge >= 0.3 is 6.09 Å². The Hall–Kier alpha value is -4.35. The maximum Gasteiger partial charge on any atom is 0.410 e. The molecule has 2 atom stereocenters. The Morgan fingerprint density at radius 1 is 0.920 bits per heavy atom. The molecular formula is C39H51FN2O8. The van der Waals surface area contributed by atoms with Crippen molar-refractivity contribution in [3.8, 4) is 17.2 Å². The monoisotopic (exact) mass is 694 g/mol. The number of nitrogens with zero attached hydrogens (tertiary/aromatic N) is 1. The summed E-state index contributed by atoms with van der Waals surface area (Å²) >= 11 is 0. The van der Waals surface area contributed by atoms with Crippen LogP contribution in [0.15, 0.2) is 66.7 Å². The van der Waals surface area contributed by atoms with Gasteiger partial charge in [0.15, 0.2) is 0 Å². The van der Waals surface area contributed by atoms with Gasteiger partial charge in [-0.1, -0.05) is 36.4 Å². The van der Waals surface area contributed by atoms with Gasteiger partial charge in [-0.25, -0.2) is 9.18 Å². The highest BCUT2D eigenvalue weighted by atomic mass is 19.1. The van der Waals surface area contributed by atoms with E-state index in [0.717, 1.165) is 29.0 Å². The van der Waals surface area contributed by atoms with Crippen molar-refractivity contribution in [1.29, 1.82) is 0 Å². The van der Waals surface area contributed by atoms with Gasteiger partial charge in [0.1, 0.15) is 35.3 Å². The third-order valence-corrected chi connectivity index (χ3v) is 8.17. The number of amides is 2. The molecule has 3 aromatic rings. The fraction of sp³-hybridized carbons (Fsp3) is 0.487. The standard InChI is InChI=1S/C39H51FN2O8/c1-28(43)41-20-18-33-34(40)11-8-13-36(33)48-24-25-49-37-26-42(38(44)50-39(2,3)4)21-19-32(37)29-14-16-31(17-15-29)47-23-9-22-46-27-30-10-6-7-12-35(30)45-5/h6-8,10-17,32,37H,9,18-27H2,1-5H3,(H,41,43). The summed E-state index contributed by atoms with van der Waals surface area (Å²) < 4.78 is 49.7. The summed E-state index contributed by atoms with van der Waals surface area (Å²) in [4.78, 5) is 25.9. The lowest BCUT2D eigenvalue weighted by Gasteiger charge is -2.39. The molecule has 272 valence electrons. The first-order valence-corrected chi connectivity index (χ1v) is 17.2. The number of halogens is 1. The molecule has 1 aliphatic rings. The molecule has 1 aliphatic heterocycles. The van der Waals surface area contributed by atoms with E-state index in [9.17, 15) is 14.0 Å². The van der Waals surface area contributed by atoms with E-state index in [1.807, 2.05) is 69.3 Å². The number of piperidine rings is 1. The molecule has 0 saturated carbocycles. The molecule has 3 aromatic carbocycles. The molecule has 0 bridgehead atoms. The van der Waals surface area contributed by atoms with Crippen LogP contribution in [0, 0.1) is 5.82 Å². The molecule has 2 amide bonds. The Kier molecular flexibility index (Phi) is 14.7. The number of para-hydroxylation sites is 1. The number of hydrogen-bond donors (Lipinski definition) is 1. The van der Waals surface area contributed by atoms with Crippen LogP contribution in [0.1, 0.15) is 63.1 Å². The fourth-order valence-corrected chi connectivity index (χ4v) is 5.76. The van der Waals surface area contributed by atoms with Gasteiger partial charge in [-0.15, -0.1) is 0 Å². The summed E-state index contributed by atoms with van der Waals surface area (Å²) in [6.45, 7) is 10.1. The minimum atomic E-state index is -0.613. The number of rotatable bonds is 17. The average Bonchev–Trinajstić information content (AvgIpc) is 3.08. The Bertz CT molecular complexity index is 1510. The minimum Gasteiger partial charge on any atom is -0.496 e. The average molecular weight is 695 g/mol. The Labute approximate surface area is 295 Å². The van der Waals surface area contributed by atoms with E-state index < -0.39 is 5.60 Å². The minimum absolute atomic E-state index is 0.0218. The van der Waals surface area contributed by atoms with Crippen LogP contribution in [-0.4, -0.2) is 81.8 Å². The maximum atomic E-state index is 14.6. The van der Waals surface area contributed by atoms with Crippen LogP contribution in [-0.2, 0) is 32.0 Å². The van der Waals surface area contributed by atoms with E-state index in [1.165, 1.54) is 13.0 Å². The maximum absolute atomic E-state index is 14.6. The predicted molar refractivity (Wildman–Crippen MR) is 188 cm³/mol. The van der Waals surface area contributed by atoms with Gasteiger partial charge in [0.2, 0.25) is 5.91 Å². The Balaban J connectivity index is 1.31. The second-order valence-corrected chi connectivity index (χ2v) is 13.2. The Morgan fingerprint density at radius 3 is 2.42 bits per heavy atom. The molecule has 2 unspecified atom stereocenters. The third-order valence-electron chi connectivity index (χ3n) is 8.17. The topological polar surface area (TPSA) is 105 Å². The molecular weight excluding hydrogens is 643 g/mol. The van der Waals surface area contributed by atoms with Crippen molar-refractivity contribution in [1.82, 2.24) is 10.2 Å². The van der Waals surface area contributed by atoms with Gasteiger partial charge in [-0.3, -0.25) is 4.79 Å². The number of carbonyl (C=O) groups is 2. The molecule has 10 nitrogen and oxygen atoms in total. The largest absolute Gasteiger partial charge is 0.496 e. The molecule has 1 heterocycles. The zero-order valence-electron chi connectivity index (χ0n) is 29.9. The number of hydrogen-bond acceptors (Lipinski definition) is 8. The van der Waals surface area contributed by atoms with E-state index >= 15 is 0 Å². The highest BCUT2D eigenvalue weighted by molar-refractivity contribution is 5.72. The molecule has 50 heavy (non-hydrogen) atoms. The first-order chi connectivity index (χ1) is 24.0. The van der Waals surface area contributed by atoms with Gasteiger partial charge in [0.25, 0.3) is 0 Å². The van der Waals surface area contributed by atoms with Crippen molar-refractivity contribution in [2.45, 2.75) is 71.2 Å². The van der Waals surface area contributed by atoms with E-state index in [-0.39, 0.29) is 43.1 Å². The summed E-state index contributed by atoms with van der Waals surface area (Å²) in [6.07, 6.45) is 1.03. The normalized spacial score (nSPS) is 16.1. The van der Waals surface area contributed by atoms with Gasteiger partial charge in [0.05, 0.1) is 46.2 Å². The van der Waals surface area contributed by atoms with Crippen molar-refractivity contribution in [2.75, 3.05) is 53.2 Å². The molecule has 11 heteroatoms. The lowest BCUT2D eigenvalue weighted by Crippen LogP contribution is -2.48. The van der Waals surface area contributed by atoms with Crippen LogP contribution in [0.5, 0.6) is 17.2 Å². The lowest BCUT2D eigenvalue weighted by atomic mass is 9.87. The molecule has 1 fully saturated rings. The van der Waals surface area contributed by atoms with Crippen molar-refractivity contribution in [2.24, 2.45) is 0 Å². The fourth-order valence-electron chi connectivity index (χ4n) is 5.76. The predicted octanol–water partition coefficient (Wildman–Crippen LogP) is 6.69. The van der Waals surface area contributed by atoms with Gasteiger partial charge in [-0.2, -0.15) is 0 Å². The summed E-state index contributed by atoms with van der Waals surface area (Å²) in [5.74, 6) is 1.44. The number of nitrogens with one attached hydrogen (secondary N) is 1. The molecule has 0 radical (unpaired) electrons. The highest BCUT2D eigenvalue weighted by Crippen LogP contribution is 2.32. The quantitative estimate of drug-likeness (QED) is 0.156. The number of benzene rings is 3. The summed E-state index contributed by atoms with van der Waals surface area (Å²) in [6, 6.07) is 20.5. The molecule has 0 spiro atoms. The van der Waals surface area contributed by atoms with Crippen LogP contribution in [0.25, 0.3) is 0 Å². The van der Waals surface area contributed by atoms with Gasteiger partial charge in [0, 0.05) is 43.5 Å². The number of ether oxygens (including phenoxy) is 6. The van der Waals surface area contributed by atoms with E-state index in [2.05, 4.69) is 5.32 Å². The van der Waals surface area contributed by atoms with Crippen molar-refractivity contribution in [3.05, 3.63) is 89.2 Å². The summed E-state index contributed by atoms with van der Waals surface area (Å²) in [5, 5.41) is 2.69. The first kappa shape index (κ1) is 38.5. The molecule has 4 rings (SSSR count). The van der Waals surface area contributed by atoms with Crippen LogP contribution >= 0.6 is 0 Å². The van der Waals surface area contributed by atoms with Crippen LogP contribution in [0.2, 0.25) is 0 Å². The van der Waals surface area contributed by atoms with E-state index in [0.29, 0.717) is 63.6 Å². The van der Waals surface area contributed by atoms with Crippen LogP contribution < -0.4 is 19.5 Å². The third kappa shape index (κ3) is 12.2. The van der Waals surface area contributed by atoms with E-state index in [1.54, 1.807) is 24.1 Å². The molecule has 0 aliphatic carbocycles. The van der Waals surface area contributed by atoms with Gasteiger partial charge < -0.3 is 38.6 Å². The summed E-state index contributed by atoms with van der Waals surface area (Å²) in [7, 11) is 1.65. The van der Waals surface area contributed by atoms with E-state index in [4.69, 9.17) is 28.4 Å². The zero-order chi connectivity index (χ0) is 35.9. The molecule has 1 N–H and O–H groups in total. The number of likely N-dealkylation sites (tertiary alicyclic amines) is 1. The number of methoxy groups -OCH3 is 1. The van der Waals surface area contributed by atoms with Crippen molar-refractivity contribution >= 4 is 12.0 Å². The molecule has 1 saturated heterocycles. The highest BCUT2D eigenvalue weighted by Gasteiger charge is 2.35. The van der Waals surface area contributed by atoms with Crippen molar-refractivity contribution in [3.63, 3.8) is 0 Å². The second-order valence-electron chi connectivity index (χ2n) is 13.2. The van der Waals surface area contributed by atoms with Crippen LogP contribution in [0.4, 0.5) is 9.18 Å². The lowest BCUT2D eigenvalue weighted by molar-refractivity contribution is -0.118.